The van der Waals surface area contributed by atoms with Crippen LogP contribution in [0.25, 0.3) is 0 Å². The van der Waals surface area contributed by atoms with Crippen molar-refractivity contribution in [3.8, 4) is 0 Å². The zero-order chi connectivity index (χ0) is 8.43. The number of likely N-dealkylation sites (N-methyl/N-ethyl adjacent to an activating group) is 1. The van der Waals surface area contributed by atoms with Crippen LogP contribution in [0.4, 0.5) is 0 Å². The molecule has 1 heterocycles. The SMILES string of the molecule is [2H]C1C(C(N)=O)=CC=CN1C. The number of amides is 1. The third kappa shape index (κ3) is 1.37. The van der Waals surface area contributed by atoms with E-state index in [-0.39, 0.29) is 0 Å². The van der Waals surface area contributed by atoms with E-state index in [2.05, 4.69) is 0 Å². The van der Waals surface area contributed by atoms with Crippen LogP contribution in [0.5, 0.6) is 0 Å². The summed E-state index contributed by atoms with van der Waals surface area (Å²) in [4.78, 5) is 12.3. The molecule has 1 unspecified atom stereocenters. The first-order valence-electron chi connectivity index (χ1n) is 3.53. The number of carbonyl (C=O) groups excluding carboxylic acids is 1. The van der Waals surface area contributed by atoms with Crippen molar-refractivity contribution in [3.63, 3.8) is 0 Å². The van der Waals surface area contributed by atoms with Crippen molar-refractivity contribution >= 4 is 5.91 Å². The molecule has 1 aliphatic rings. The molecule has 0 aromatic rings. The van der Waals surface area contributed by atoms with Crippen LogP contribution < -0.4 is 5.73 Å². The van der Waals surface area contributed by atoms with Gasteiger partial charge >= 0.3 is 0 Å². The molecule has 3 nitrogen and oxygen atoms in total. The Bertz CT molecular complexity index is 235. The molecular weight excluding hydrogens is 128 g/mol. The maximum Gasteiger partial charge on any atom is 0.246 e. The predicted molar refractivity (Wildman–Crippen MR) is 39.0 cm³/mol. The molecule has 2 N–H and O–H groups in total. The number of allylic oxidation sites excluding steroid dienone is 2. The highest BCUT2D eigenvalue weighted by atomic mass is 16.1. The van der Waals surface area contributed by atoms with E-state index >= 15 is 0 Å². The van der Waals surface area contributed by atoms with Crippen LogP contribution in [0.15, 0.2) is 23.9 Å². The Morgan fingerprint density at radius 2 is 2.70 bits per heavy atom. The minimum atomic E-state index is -0.655. The van der Waals surface area contributed by atoms with E-state index < -0.39 is 12.4 Å². The number of nitrogens with two attached hydrogens (primary N) is 1. The summed E-state index contributed by atoms with van der Waals surface area (Å²) in [5.41, 5.74) is 5.36. The quantitative estimate of drug-likeness (QED) is 0.549. The molecular formula is C7H10N2O. The minimum absolute atomic E-state index is 0.329. The van der Waals surface area contributed by atoms with Gasteiger partial charge in [0.1, 0.15) is 0 Å². The smallest absolute Gasteiger partial charge is 0.246 e. The first-order chi connectivity index (χ1) is 5.13. The molecule has 1 rings (SSSR count). The van der Waals surface area contributed by atoms with E-state index in [1.54, 1.807) is 30.3 Å². The number of carbonyl (C=O) groups is 1. The Kier molecular flexibility index (Phi) is 1.41. The Morgan fingerprint density at radius 3 is 3.20 bits per heavy atom. The Hall–Kier alpha value is -1.25. The fourth-order valence-electron chi connectivity index (χ4n) is 0.734. The highest BCUT2D eigenvalue weighted by Gasteiger charge is 2.07. The van der Waals surface area contributed by atoms with E-state index in [4.69, 9.17) is 7.10 Å². The average Bonchev–Trinajstić information content (AvgIpc) is 1.94. The fourth-order valence-corrected chi connectivity index (χ4v) is 0.734. The van der Waals surface area contributed by atoms with Gasteiger partial charge in [-0.15, -0.1) is 0 Å². The molecule has 10 heavy (non-hydrogen) atoms. The number of rotatable bonds is 1. The first-order valence-corrected chi connectivity index (χ1v) is 2.95. The summed E-state index contributed by atoms with van der Waals surface area (Å²) in [6.45, 7) is -0.655. The van der Waals surface area contributed by atoms with Gasteiger partial charge in [0.15, 0.2) is 0 Å². The van der Waals surface area contributed by atoms with Gasteiger partial charge in [-0.2, -0.15) is 0 Å². The summed E-state index contributed by atoms with van der Waals surface area (Å²) in [7, 11) is 1.73. The third-order valence-electron chi connectivity index (χ3n) is 1.22. The lowest BCUT2D eigenvalue weighted by Gasteiger charge is -2.17. The molecule has 1 atom stereocenters. The van der Waals surface area contributed by atoms with Gasteiger partial charge in [-0.25, -0.2) is 0 Å². The topological polar surface area (TPSA) is 46.3 Å². The molecule has 3 heteroatoms. The Morgan fingerprint density at radius 1 is 2.00 bits per heavy atom. The van der Waals surface area contributed by atoms with Crippen LogP contribution in [0.1, 0.15) is 1.37 Å². The van der Waals surface area contributed by atoms with Gasteiger partial charge in [-0.1, -0.05) is 6.08 Å². The van der Waals surface area contributed by atoms with Crippen molar-refractivity contribution < 1.29 is 6.17 Å². The lowest BCUT2D eigenvalue weighted by atomic mass is 10.2. The molecule has 0 saturated carbocycles. The minimum Gasteiger partial charge on any atom is -0.376 e. The molecule has 0 aromatic heterocycles. The number of primary amides is 1. The fraction of sp³-hybridized carbons (Fsp3) is 0.286. The van der Waals surface area contributed by atoms with Gasteiger partial charge < -0.3 is 10.6 Å². The van der Waals surface area contributed by atoms with Crippen LogP contribution >= 0.6 is 0 Å². The predicted octanol–water partition coefficient (Wildman–Crippen LogP) is -0.143. The molecule has 0 aliphatic carbocycles. The number of hydrogen-bond acceptors (Lipinski definition) is 2. The van der Waals surface area contributed by atoms with Gasteiger partial charge in [0, 0.05) is 19.1 Å². The van der Waals surface area contributed by atoms with Crippen LogP contribution in [0, 0.1) is 0 Å². The Balaban J connectivity index is 2.87. The van der Waals surface area contributed by atoms with Crippen molar-refractivity contribution in [2.75, 3.05) is 13.6 Å². The molecule has 0 saturated heterocycles. The lowest BCUT2D eigenvalue weighted by molar-refractivity contribution is -0.114. The molecule has 1 amide bonds. The van der Waals surface area contributed by atoms with Crippen molar-refractivity contribution in [3.05, 3.63) is 23.9 Å². The van der Waals surface area contributed by atoms with E-state index in [1.165, 1.54) is 0 Å². The maximum atomic E-state index is 10.7. The normalized spacial score (nSPS) is 25.7. The standard InChI is InChI=1S/C7H10N2O/c1-9-4-2-3-6(5-9)7(8)10/h2-4H,5H2,1H3,(H2,8,10)/i5D. The highest BCUT2D eigenvalue weighted by Crippen LogP contribution is 2.03. The number of hydrogen-bond donors (Lipinski definition) is 1. The zero-order valence-electron chi connectivity index (χ0n) is 6.74. The largest absolute Gasteiger partial charge is 0.376 e. The number of nitrogens with zero attached hydrogens (tertiary/aromatic N) is 1. The van der Waals surface area contributed by atoms with E-state index in [0.717, 1.165) is 0 Å². The second-order valence-electron chi connectivity index (χ2n) is 2.12. The molecule has 0 bridgehead atoms. The first kappa shape index (κ1) is 5.53. The van der Waals surface area contributed by atoms with Crippen LogP contribution in [0.2, 0.25) is 0 Å². The van der Waals surface area contributed by atoms with Gasteiger partial charge in [-0.05, 0) is 12.3 Å². The summed E-state index contributed by atoms with van der Waals surface area (Å²) in [5, 5.41) is 0. The zero-order valence-corrected chi connectivity index (χ0v) is 5.74. The average molecular weight is 139 g/mol. The molecule has 0 aromatic carbocycles. The van der Waals surface area contributed by atoms with Gasteiger partial charge in [0.25, 0.3) is 0 Å². The van der Waals surface area contributed by atoms with Gasteiger partial charge in [-0.3, -0.25) is 4.79 Å². The van der Waals surface area contributed by atoms with Crippen LogP contribution in [-0.4, -0.2) is 24.4 Å². The maximum absolute atomic E-state index is 10.7. The van der Waals surface area contributed by atoms with Crippen LogP contribution in [-0.2, 0) is 4.79 Å². The van der Waals surface area contributed by atoms with Crippen molar-refractivity contribution in [1.82, 2.24) is 4.90 Å². The monoisotopic (exact) mass is 139 g/mol. The summed E-state index contributed by atoms with van der Waals surface area (Å²) >= 11 is 0. The molecule has 0 fully saturated rings. The molecule has 0 spiro atoms. The van der Waals surface area contributed by atoms with Gasteiger partial charge in [0.2, 0.25) is 5.91 Å². The van der Waals surface area contributed by atoms with Crippen molar-refractivity contribution in [2.24, 2.45) is 5.73 Å². The molecule has 1 aliphatic heterocycles. The van der Waals surface area contributed by atoms with E-state index in [1.807, 2.05) is 0 Å². The second kappa shape index (κ2) is 2.56. The van der Waals surface area contributed by atoms with Crippen LogP contribution in [0.3, 0.4) is 0 Å². The van der Waals surface area contributed by atoms with Crippen molar-refractivity contribution in [1.29, 1.82) is 0 Å². The highest BCUT2D eigenvalue weighted by molar-refractivity contribution is 5.92. The third-order valence-corrected chi connectivity index (χ3v) is 1.22. The van der Waals surface area contributed by atoms with E-state index in [0.29, 0.717) is 5.57 Å². The molecule has 54 valence electrons. The summed E-state index contributed by atoms with van der Waals surface area (Å²) in [5.74, 6) is -0.527. The second-order valence-corrected chi connectivity index (χ2v) is 2.12. The lowest BCUT2D eigenvalue weighted by Crippen LogP contribution is -2.25. The summed E-state index contributed by atoms with van der Waals surface area (Å²) < 4.78 is 7.47. The molecule has 0 radical (unpaired) electrons. The van der Waals surface area contributed by atoms with Crippen molar-refractivity contribution in [2.45, 2.75) is 0 Å². The van der Waals surface area contributed by atoms with Gasteiger partial charge in [0.05, 0.1) is 1.37 Å². The summed E-state index contributed by atoms with van der Waals surface area (Å²) in [6.07, 6.45) is 5.00. The summed E-state index contributed by atoms with van der Waals surface area (Å²) in [6, 6.07) is 0. The van der Waals surface area contributed by atoms with E-state index in [9.17, 15) is 4.79 Å². The Labute approximate surface area is 61.2 Å².